The number of nitrogens with zero attached hydrogens (tertiary/aromatic N) is 2. The van der Waals surface area contributed by atoms with Crippen molar-refractivity contribution in [1.82, 2.24) is 0 Å². The largest absolute Gasteiger partial charge is 0.426 e. The Hall–Kier alpha value is -5.04. The minimum Gasteiger partial charge on any atom is -0.426 e. The molecule has 4 aromatic carbocycles. The van der Waals surface area contributed by atoms with Gasteiger partial charge in [0.15, 0.2) is 0 Å². The standard InChI is InChI=1S/C35H26N2O5/c38-28-18-20(19-36(28)21-8-2-1-3-9-21)35(41)42-23-16-14-22(15-17-23)37-33(39)31-29-24-10-4-5-11-25(24)30(32(31)34(37)40)27-13-7-6-12-26(27)29/h1-17,20,29-32H,18-19H2/t20-,29?,30?,31-,32-/m1/s1. The maximum atomic E-state index is 14.0. The number of amides is 3. The number of ether oxygens (including phenoxy) is 1. The van der Waals surface area contributed by atoms with Gasteiger partial charge in [0.05, 0.1) is 23.4 Å². The molecule has 5 aliphatic rings. The molecule has 4 aromatic rings. The normalized spacial score (nSPS) is 25.3. The molecular formula is C35H26N2O5. The molecule has 9 rings (SSSR count). The quantitative estimate of drug-likeness (QED) is 0.201. The second-order valence-corrected chi connectivity index (χ2v) is 11.4. The van der Waals surface area contributed by atoms with E-state index in [0.717, 1.165) is 27.9 Å². The highest BCUT2D eigenvalue weighted by Gasteiger charge is 2.61. The lowest BCUT2D eigenvalue weighted by Gasteiger charge is -2.45. The van der Waals surface area contributed by atoms with Crippen LogP contribution < -0.4 is 14.5 Å². The summed E-state index contributed by atoms with van der Waals surface area (Å²) in [5.74, 6) is -2.54. The van der Waals surface area contributed by atoms with Crippen molar-refractivity contribution in [3.8, 4) is 5.75 Å². The SMILES string of the molecule is O=C(Oc1ccc(N2C(=O)[C@@H]3C4c5ccccc5C(c5ccccc54)[C@H]3C2=O)cc1)[C@@H]1CC(=O)N(c2ccccc2)C1. The first kappa shape index (κ1) is 24.7. The van der Waals surface area contributed by atoms with Crippen LogP contribution in [-0.2, 0) is 19.2 Å². The maximum absolute atomic E-state index is 14.0. The summed E-state index contributed by atoms with van der Waals surface area (Å²) in [5.41, 5.74) is 5.72. The summed E-state index contributed by atoms with van der Waals surface area (Å²) in [6, 6.07) is 32.1. The predicted molar refractivity (Wildman–Crippen MR) is 155 cm³/mol. The minimum atomic E-state index is -0.582. The first-order valence-corrected chi connectivity index (χ1v) is 14.2. The number of esters is 1. The van der Waals surface area contributed by atoms with E-state index in [1.54, 1.807) is 29.2 Å². The van der Waals surface area contributed by atoms with Gasteiger partial charge in [0.2, 0.25) is 17.7 Å². The lowest BCUT2D eigenvalue weighted by atomic mass is 9.55. The van der Waals surface area contributed by atoms with E-state index in [4.69, 9.17) is 4.74 Å². The summed E-state index contributed by atoms with van der Waals surface area (Å²) in [5, 5.41) is 0. The van der Waals surface area contributed by atoms with Gasteiger partial charge < -0.3 is 9.64 Å². The lowest BCUT2D eigenvalue weighted by Crippen LogP contribution is -2.41. The molecule has 0 saturated carbocycles. The Morgan fingerprint density at radius 3 is 1.64 bits per heavy atom. The van der Waals surface area contributed by atoms with Crippen LogP contribution in [0.2, 0.25) is 0 Å². The van der Waals surface area contributed by atoms with E-state index in [-0.39, 0.29) is 42.5 Å². The first-order chi connectivity index (χ1) is 20.5. The highest BCUT2D eigenvalue weighted by Crippen LogP contribution is 2.61. The molecule has 2 bridgehead atoms. The van der Waals surface area contributed by atoms with Crippen LogP contribution in [0.25, 0.3) is 0 Å². The number of benzene rings is 4. The van der Waals surface area contributed by atoms with Gasteiger partial charge in [-0.3, -0.25) is 19.2 Å². The molecule has 2 fully saturated rings. The van der Waals surface area contributed by atoms with Crippen molar-refractivity contribution < 1.29 is 23.9 Å². The van der Waals surface area contributed by atoms with Crippen LogP contribution in [0.1, 0.15) is 40.5 Å². The van der Waals surface area contributed by atoms with Crippen molar-refractivity contribution in [2.75, 3.05) is 16.3 Å². The Balaban J connectivity index is 1.03. The number of hydrogen-bond donors (Lipinski definition) is 0. The van der Waals surface area contributed by atoms with Crippen molar-refractivity contribution in [3.05, 3.63) is 125 Å². The molecule has 0 aromatic heterocycles. The molecule has 42 heavy (non-hydrogen) atoms. The van der Waals surface area contributed by atoms with Crippen LogP contribution in [-0.4, -0.2) is 30.2 Å². The molecule has 2 heterocycles. The van der Waals surface area contributed by atoms with Gasteiger partial charge in [0.25, 0.3) is 0 Å². The second kappa shape index (κ2) is 9.24. The smallest absolute Gasteiger partial charge is 0.316 e. The van der Waals surface area contributed by atoms with E-state index in [2.05, 4.69) is 24.3 Å². The van der Waals surface area contributed by atoms with Crippen LogP contribution >= 0.6 is 0 Å². The molecule has 2 aliphatic heterocycles. The van der Waals surface area contributed by atoms with E-state index < -0.39 is 23.7 Å². The summed E-state index contributed by atoms with van der Waals surface area (Å²) in [4.78, 5) is 56.3. The third kappa shape index (κ3) is 3.52. The molecule has 2 saturated heterocycles. The van der Waals surface area contributed by atoms with Crippen molar-refractivity contribution in [2.24, 2.45) is 17.8 Å². The van der Waals surface area contributed by atoms with E-state index in [1.165, 1.54) is 4.90 Å². The Morgan fingerprint density at radius 2 is 1.12 bits per heavy atom. The predicted octanol–water partition coefficient (Wildman–Crippen LogP) is 5.04. The average Bonchev–Trinajstić information content (AvgIpc) is 3.55. The van der Waals surface area contributed by atoms with E-state index in [0.29, 0.717) is 11.4 Å². The molecule has 0 radical (unpaired) electrons. The molecule has 206 valence electrons. The van der Waals surface area contributed by atoms with Gasteiger partial charge in [0, 0.05) is 30.5 Å². The lowest BCUT2D eigenvalue weighted by molar-refractivity contribution is -0.139. The third-order valence-corrected chi connectivity index (χ3v) is 9.29. The molecule has 3 atom stereocenters. The van der Waals surface area contributed by atoms with Crippen LogP contribution in [0.3, 0.4) is 0 Å². The van der Waals surface area contributed by atoms with Crippen molar-refractivity contribution >= 4 is 35.1 Å². The summed E-state index contributed by atoms with van der Waals surface area (Å²) in [7, 11) is 0. The molecular weight excluding hydrogens is 528 g/mol. The van der Waals surface area contributed by atoms with Gasteiger partial charge >= 0.3 is 5.97 Å². The number of rotatable bonds is 4. The fraction of sp³-hybridized carbons (Fsp3) is 0.200. The average molecular weight is 555 g/mol. The van der Waals surface area contributed by atoms with E-state index in [1.807, 2.05) is 54.6 Å². The van der Waals surface area contributed by atoms with Gasteiger partial charge in [-0.2, -0.15) is 0 Å². The summed E-state index contributed by atoms with van der Waals surface area (Å²) >= 11 is 0. The van der Waals surface area contributed by atoms with E-state index in [9.17, 15) is 19.2 Å². The number of hydrogen-bond acceptors (Lipinski definition) is 5. The van der Waals surface area contributed by atoms with Crippen molar-refractivity contribution in [1.29, 1.82) is 0 Å². The molecule has 7 heteroatoms. The molecule has 0 unspecified atom stereocenters. The zero-order valence-electron chi connectivity index (χ0n) is 22.6. The van der Waals surface area contributed by atoms with Crippen LogP contribution in [0.5, 0.6) is 5.75 Å². The summed E-state index contributed by atoms with van der Waals surface area (Å²) in [6.07, 6.45) is 0.0818. The highest BCUT2D eigenvalue weighted by atomic mass is 16.5. The van der Waals surface area contributed by atoms with Gasteiger partial charge in [-0.25, -0.2) is 4.90 Å². The zero-order chi connectivity index (χ0) is 28.5. The number of imide groups is 1. The maximum Gasteiger partial charge on any atom is 0.316 e. The van der Waals surface area contributed by atoms with Gasteiger partial charge in [-0.1, -0.05) is 66.7 Å². The number of anilines is 2. The monoisotopic (exact) mass is 554 g/mol. The topological polar surface area (TPSA) is 84.0 Å². The number of para-hydroxylation sites is 1. The van der Waals surface area contributed by atoms with E-state index >= 15 is 0 Å². The Kier molecular flexibility index (Phi) is 5.44. The second-order valence-electron chi connectivity index (χ2n) is 11.4. The Labute approximate surface area is 242 Å². The first-order valence-electron chi connectivity index (χ1n) is 14.2. The minimum absolute atomic E-state index is 0.0818. The van der Waals surface area contributed by atoms with Crippen molar-refractivity contribution in [2.45, 2.75) is 18.3 Å². The van der Waals surface area contributed by atoms with Gasteiger partial charge in [0.1, 0.15) is 5.75 Å². The Morgan fingerprint density at radius 1 is 0.619 bits per heavy atom. The third-order valence-electron chi connectivity index (χ3n) is 9.29. The molecule has 0 N–H and O–H groups in total. The van der Waals surface area contributed by atoms with Gasteiger partial charge in [-0.05, 0) is 58.7 Å². The summed E-state index contributed by atoms with van der Waals surface area (Å²) < 4.78 is 5.62. The molecule has 7 nitrogen and oxygen atoms in total. The van der Waals surface area contributed by atoms with Crippen molar-refractivity contribution in [3.63, 3.8) is 0 Å². The van der Waals surface area contributed by atoms with Crippen LogP contribution in [0.4, 0.5) is 11.4 Å². The Bertz CT molecular complexity index is 1670. The number of carbonyl (C=O) groups is 4. The molecule has 0 spiro atoms. The number of carbonyl (C=O) groups excluding carboxylic acids is 4. The van der Waals surface area contributed by atoms with Crippen LogP contribution in [0, 0.1) is 17.8 Å². The zero-order valence-corrected chi connectivity index (χ0v) is 22.6. The summed E-state index contributed by atoms with van der Waals surface area (Å²) in [6.45, 7) is 0.256. The van der Waals surface area contributed by atoms with Gasteiger partial charge in [-0.15, -0.1) is 0 Å². The fourth-order valence-corrected chi connectivity index (χ4v) is 7.52. The highest BCUT2D eigenvalue weighted by molar-refractivity contribution is 6.23. The fourth-order valence-electron chi connectivity index (χ4n) is 7.52. The molecule has 3 aliphatic carbocycles. The van der Waals surface area contributed by atoms with Crippen LogP contribution in [0.15, 0.2) is 103 Å². The molecule has 3 amide bonds.